The molecule has 0 aliphatic carbocycles. The van der Waals surface area contributed by atoms with Crippen molar-refractivity contribution in [3.05, 3.63) is 35.9 Å². The monoisotopic (exact) mass is 448 g/mol. The number of likely N-dealkylation sites (N-methyl/N-ethyl adjacent to an activating group) is 1. The van der Waals surface area contributed by atoms with E-state index < -0.39 is 42.3 Å². The van der Waals surface area contributed by atoms with Gasteiger partial charge in [-0.15, -0.1) is 0 Å². The highest BCUT2D eigenvalue weighted by Crippen LogP contribution is 2.16. The molecule has 0 saturated carbocycles. The first-order chi connectivity index (χ1) is 15.2. The number of carbonyl (C=O) groups is 4. The maximum absolute atomic E-state index is 13.3. The van der Waals surface area contributed by atoms with Crippen LogP contribution in [0.3, 0.4) is 0 Å². The summed E-state index contributed by atoms with van der Waals surface area (Å²) in [5.41, 5.74) is 6.38. The minimum atomic E-state index is -1.52. The lowest BCUT2D eigenvalue weighted by Gasteiger charge is -2.36. The standard InChI is InChI=1S/C22H32N4O6/c1-2-25(16-8-10-24-11-9-16)14-19(27)26(21(30)17(23)13-20(28)29)18(22(31)32)12-15-6-4-3-5-7-15/h3-7,16-18,24H,2,8-14,23H2,1H3,(H,28,29)(H,31,32). The molecule has 5 N–H and O–H groups in total. The molecule has 1 fully saturated rings. The van der Waals surface area contributed by atoms with Crippen LogP contribution < -0.4 is 11.1 Å². The molecule has 10 nitrogen and oxygen atoms in total. The molecule has 1 aromatic rings. The van der Waals surface area contributed by atoms with Gasteiger partial charge in [0.05, 0.1) is 19.0 Å². The summed E-state index contributed by atoms with van der Waals surface area (Å²) in [5.74, 6) is -4.36. The Bertz CT molecular complexity index is 797. The molecule has 0 aromatic heterocycles. The fourth-order valence-corrected chi connectivity index (χ4v) is 3.95. The van der Waals surface area contributed by atoms with Gasteiger partial charge in [-0.1, -0.05) is 37.3 Å². The lowest BCUT2D eigenvalue weighted by Crippen LogP contribution is -2.58. The van der Waals surface area contributed by atoms with E-state index in [9.17, 15) is 24.3 Å². The van der Waals surface area contributed by atoms with Crippen LogP contribution in [0.2, 0.25) is 0 Å². The number of nitrogens with zero attached hydrogens (tertiary/aromatic N) is 2. The third kappa shape index (κ3) is 7.11. The Morgan fingerprint density at radius 1 is 1.12 bits per heavy atom. The van der Waals surface area contributed by atoms with E-state index in [0.717, 1.165) is 25.9 Å². The quantitative estimate of drug-likeness (QED) is 0.364. The maximum atomic E-state index is 13.3. The van der Waals surface area contributed by atoms with Gasteiger partial charge < -0.3 is 21.3 Å². The molecular weight excluding hydrogens is 416 g/mol. The number of benzene rings is 1. The molecule has 2 unspecified atom stereocenters. The Labute approximate surface area is 187 Å². The number of nitrogens with two attached hydrogens (primary N) is 1. The van der Waals surface area contributed by atoms with Gasteiger partial charge >= 0.3 is 11.9 Å². The number of nitrogens with one attached hydrogen (secondary N) is 1. The van der Waals surface area contributed by atoms with E-state index in [1.807, 2.05) is 11.8 Å². The Hall–Kier alpha value is -2.82. The van der Waals surface area contributed by atoms with E-state index in [-0.39, 0.29) is 19.0 Å². The van der Waals surface area contributed by atoms with Crippen LogP contribution >= 0.6 is 0 Å². The molecule has 0 radical (unpaired) electrons. The van der Waals surface area contributed by atoms with Crippen LogP contribution in [0.15, 0.2) is 30.3 Å². The highest BCUT2D eigenvalue weighted by Gasteiger charge is 2.38. The summed E-state index contributed by atoms with van der Waals surface area (Å²) in [7, 11) is 0. The Kier molecular flexibility index (Phi) is 9.76. The van der Waals surface area contributed by atoms with Crippen LogP contribution in [0.4, 0.5) is 0 Å². The van der Waals surface area contributed by atoms with Crippen molar-refractivity contribution in [3.63, 3.8) is 0 Å². The normalized spacial score (nSPS) is 16.3. The number of amides is 2. The van der Waals surface area contributed by atoms with Crippen molar-refractivity contribution in [2.24, 2.45) is 5.73 Å². The Balaban J connectivity index is 2.32. The van der Waals surface area contributed by atoms with Crippen molar-refractivity contribution in [2.45, 2.75) is 50.7 Å². The van der Waals surface area contributed by atoms with Crippen molar-refractivity contribution in [1.29, 1.82) is 0 Å². The molecule has 1 heterocycles. The highest BCUT2D eigenvalue weighted by atomic mass is 16.4. The Morgan fingerprint density at radius 2 is 1.75 bits per heavy atom. The third-order valence-corrected chi connectivity index (χ3v) is 5.66. The van der Waals surface area contributed by atoms with Crippen LogP contribution in [0.1, 0.15) is 31.7 Å². The second-order valence-electron chi connectivity index (χ2n) is 7.89. The summed E-state index contributed by atoms with van der Waals surface area (Å²) in [4.78, 5) is 52.1. The molecule has 10 heteroatoms. The van der Waals surface area contributed by atoms with Crippen molar-refractivity contribution < 1.29 is 29.4 Å². The summed E-state index contributed by atoms with van der Waals surface area (Å²) in [6, 6.07) is 5.75. The van der Waals surface area contributed by atoms with Gasteiger partial charge in [0.25, 0.3) is 0 Å². The molecule has 2 atom stereocenters. The minimum absolute atomic E-state index is 0.104. The molecule has 1 saturated heterocycles. The van der Waals surface area contributed by atoms with Crippen molar-refractivity contribution in [1.82, 2.24) is 15.1 Å². The van der Waals surface area contributed by atoms with E-state index in [4.69, 9.17) is 10.8 Å². The molecular formula is C22H32N4O6. The average molecular weight is 449 g/mol. The van der Waals surface area contributed by atoms with E-state index in [1.54, 1.807) is 30.3 Å². The number of piperidine rings is 1. The third-order valence-electron chi connectivity index (χ3n) is 5.66. The molecule has 2 amide bonds. The predicted octanol–water partition coefficient (Wildman–Crippen LogP) is -0.0866. The second-order valence-corrected chi connectivity index (χ2v) is 7.89. The lowest BCUT2D eigenvalue weighted by atomic mass is 10.0. The van der Waals surface area contributed by atoms with Gasteiger partial charge in [0.2, 0.25) is 11.8 Å². The first-order valence-electron chi connectivity index (χ1n) is 10.8. The number of aliphatic carboxylic acids is 2. The van der Waals surface area contributed by atoms with Gasteiger partial charge in [-0.2, -0.15) is 0 Å². The number of carboxylic acids is 2. The summed E-state index contributed by atoms with van der Waals surface area (Å²) < 4.78 is 0. The summed E-state index contributed by atoms with van der Waals surface area (Å²) in [6.45, 7) is 3.93. The number of carboxylic acid groups (broad SMARTS) is 2. The van der Waals surface area contributed by atoms with Gasteiger partial charge in [0, 0.05) is 12.5 Å². The van der Waals surface area contributed by atoms with Gasteiger partial charge in [-0.3, -0.25) is 24.2 Å². The lowest BCUT2D eigenvalue weighted by molar-refractivity contribution is -0.160. The molecule has 1 aliphatic rings. The largest absolute Gasteiger partial charge is 0.481 e. The molecule has 1 aromatic carbocycles. The first-order valence-corrected chi connectivity index (χ1v) is 10.8. The number of hydrogen-bond acceptors (Lipinski definition) is 7. The van der Waals surface area contributed by atoms with E-state index in [0.29, 0.717) is 17.0 Å². The molecule has 0 bridgehead atoms. The van der Waals surface area contributed by atoms with Gasteiger partial charge in [0.1, 0.15) is 6.04 Å². The SMILES string of the molecule is CCN(CC(=O)N(C(=O)C(N)CC(=O)O)C(Cc1ccccc1)C(=O)O)C1CCNCC1. The van der Waals surface area contributed by atoms with Crippen LogP contribution in [0, 0.1) is 0 Å². The van der Waals surface area contributed by atoms with Crippen molar-refractivity contribution >= 4 is 23.8 Å². The average Bonchev–Trinajstić information content (AvgIpc) is 2.77. The van der Waals surface area contributed by atoms with Crippen molar-refractivity contribution in [3.8, 4) is 0 Å². The zero-order chi connectivity index (χ0) is 23.7. The fourth-order valence-electron chi connectivity index (χ4n) is 3.95. The van der Waals surface area contributed by atoms with E-state index in [1.165, 1.54) is 0 Å². The van der Waals surface area contributed by atoms with Crippen LogP contribution in [-0.2, 0) is 25.6 Å². The predicted molar refractivity (Wildman–Crippen MR) is 117 cm³/mol. The number of hydrogen-bond donors (Lipinski definition) is 4. The summed E-state index contributed by atoms with van der Waals surface area (Å²) in [6.07, 6.45) is 0.860. The first kappa shape index (κ1) is 25.4. The van der Waals surface area contributed by atoms with Gasteiger partial charge in [-0.05, 0) is 38.0 Å². The number of rotatable bonds is 11. The molecule has 1 aliphatic heterocycles. The summed E-state index contributed by atoms with van der Waals surface area (Å²) in [5, 5.41) is 22.2. The zero-order valence-electron chi connectivity index (χ0n) is 18.3. The zero-order valence-corrected chi connectivity index (χ0v) is 18.3. The Morgan fingerprint density at radius 3 is 2.28 bits per heavy atom. The number of carbonyl (C=O) groups excluding carboxylic acids is 2. The van der Waals surface area contributed by atoms with Gasteiger partial charge in [-0.25, -0.2) is 4.79 Å². The maximum Gasteiger partial charge on any atom is 0.327 e. The summed E-state index contributed by atoms with van der Waals surface area (Å²) >= 11 is 0. The second kappa shape index (κ2) is 12.3. The van der Waals surface area contributed by atoms with Crippen LogP contribution in [0.5, 0.6) is 0 Å². The van der Waals surface area contributed by atoms with Crippen LogP contribution in [-0.4, -0.2) is 88.1 Å². The van der Waals surface area contributed by atoms with Crippen molar-refractivity contribution in [2.75, 3.05) is 26.2 Å². The van der Waals surface area contributed by atoms with Gasteiger partial charge in [0.15, 0.2) is 0 Å². The topological polar surface area (TPSA) is 153 Å². The van der Waals surface area contributed by atoms with E-state index in [2.05, 4.69) is 5.32 Å². The van der Waals surface area contributed by atoms with E-state index >= 15 is 0 Å². The molecule has 176 valence electrons. The minimum Gasteiger partial charge on any atom is -0.481 e. The number of imide groups is 1. The fraction of sp³-hybridized carbons (Fsp3) is 0.545. The molecule has 32 heavy (non-hydrogen) atoms. The highest BCUT2D eigenvalue weighted by molar-refractivity contribution is 6.03. The molecule has 0 spiro atoms. The molecule has 2 rings (SSSR count). The van der Waals surface area contributed by atoms with Crippen LogP contribution in [0.25, 0.3) is 0 Å². The smallest absolute Gasteiger partial charge is 0.327 e.